The topological polar surface area (TPSA) is 51.2 Å². The molecule has 0 radical (unpaired) electrons. The van der Waals surface area contributed by atoms with Gasteiger partial charge in [0.2, 0.25) is 0 Å². The monoisotopic (exact) mass is 228 g/mol. The first-order chi connectivity index (χ1) is 7.13. The number of ether oxygens (including phenoxy) is 1. The molecule has 84 valence electrons. The van der Waals surface area contributed by atoms with Crippen LogP contribution in [0.2, 0.25) is 0 Å². The van der Waals surface area contributed by atoms with Crippen molar-refractivity contribution >= 4 is 17.3 Å². The van der Waals surface area contributed by atoms with E-state index in [9.17, 15) is 4.79 Å². The van der Waals surface area contributed by atoms with E-state index in [2.05, 4.69) is 10.3 Å². The molecule has 0 aliphatic heterocycles. The highest BCUT2D eigenvalue weighted by molar-refractivity contribution is 7.09. The number of esters is 1. The van der Waals surface area contributed by atoms with Gasteiger partial charge in [-0.15, -0.1) is 11.3 Å². The van der Waals surface area contributed by atoms with Crippen molar-refractivity contribution in [2.75, 3.05) is 13.2 Å². The lowest BCUT2D eigenvalue weighted by Crippen LogP contribution is -2.27. The SMILES string of the molecule is CCOC(=O)CNC(C)c1nc(C)cs1. The van der Waals surface area contributed by atoms with Crippen molar-refractivity contribution in [3.05, 3.63) is 16.1 Å². The van der Waals surface area contributed by atoms with Gasteiger partial charge in [-0.2, -0.15) is 0 Å². The molecule has 0 amide bonds. The molecule has 1 rings (SSSR count). The number of hydrogen-bond acceptors (Lipinski definition) is 5. The Kier molecular flexibility index (Phi) is 4.71. The first-order valence-electron chi connectivity index (χ1n) is 4.94. The Morgan fingerprint density at radius 3 is 3.00 bits per heavy atom. The van der Waals surface area contributed by atoms with Crippen LogP contribution in [0.15, 0.2) is 5.38 Å². The maximum atomic E-state index is 11.1. The molecule has 1 heterocycles. The summed E-state index contributed by atoms with van der Waals surface area (Å²) in [6.45, 7) is 6.39. The number of nitrogens with one attached hydrogen (secondary N) is 1. The van der Waals surface area contributed by atoms with Crippen LogP contribution < -0.4 is 5.32 Å². The Morgan fingerprint density at radius 2 is 2.47 bits per heavy atom. The fraction of sp³-hybridized carbons (Fsp3) is 0.600. The van der Waals surface area contributed by atoms with Crippen LogP contribution in [0, 0.1) is 6.92 Å². The fourth-order valence-electron chi connectivity index (χ4n) is 1.11. The Morgan fingerprint density at radius 1 is 1.73 bits per heavy atom. The van der Waals surface area contributed by atoms with Crippen LogP contribution in [0.3, 0.4) is 0 Å². The molecule has 1 atom stereocenters. The van der Waals surface area contributed by atoms with Gasteiger partial charge in [0.1, 0.15) is 5.01 Å². The molecule has 1 N–H and O–H groups in total. The minimum Gasteiger partial charge on any atom is -0.465 e. The second kappa shape index (κ2) is 5.82. The number of thiazole rings is 1. The largest absolute Gasteiger partial charge is 0.465 e. The summed E-state index contributed by atoms with van der Waals surface area (Å²) >= 11 is 1.60. The normalized spacial score (nSPS) is 12.5. The van der Waals surface area contributed by atoms with Crippen LogP contribution in [-0.4, -0.2) is 24.1 Å². The number of rotatable bonds is 5. The maximum Gasteiger partial charge on any atom is 0.319 e. The molecule has 0 saturated heterocycles. The van der Waals surface area contributed by atoms with Crippen molar-refractivity contribution in [3.8, 4) is 0 Å². The smallest absolute Gasteiger partial charge is 0.319 e. The van der Waals surface area contributed by atoms with E-state index in [1.807, 2.05) is 19.2 Å². The molecule has 0 fully saturated rings. The Labute approximate surface area is 93.7 Å². The summed E-state index contributed by atoms with van der Waals surface area (Å²) in [5.74, 6) is -0.224. The lowest BCUT2D eigenvalue weighted by molar-refractivity contribution is -0.142. The van der Waals surface area contributed by atoms with Gasteiger partial charge in [-0.3, -0.25) is 10.1 Å². The standard InChI is InChI=1S/C10H16N2O2S/c1-4-14-9(13)5-11-8(3)10-12-7(2)6-15-10/h6,8,11H,4-5H2,1-3H3. The first-order valence-corrected chi connectivity index (χ1v) is 5.82. The van der Waals surface area contributed by atoms with Gasteiger partial charge in [-0.25, -0.2) is 4.98 Å². The van der Waals surface area contributed by atoms with Crippen molar-refractivity contribution in [3.63, 3.8) is 0 Å². The van der Waals surface area contributed by atoms with E-state index in [0.717, 1.165) is 10.7 Å². The average Bonchev–Trinajstić information content (AvgIpc) is 2.62. The van der Waals surface area contributed by atoms with E-state index >= 15 is 0 Å². The second-order valence-electron chi connectivity index (χ2n) is 3.23. The van der Waals surface area contributed by atoms with Gasteiger partial charge in [-0.05, 0) is 20.8 Å². The molecular formula is C10H16N2O2S. The van der Waals surface area contributed by atoms with Crippen LogP contribution in [0.1, 0.15) is 30.6 Å². The number of hydrogen-bond donors (Lipinski definition) is 1. The van der Waals surface area contributed by atoms with Gasteiger partial charge in [0, 0.05) is 11.1 Å². The summed E-state index contributed by atoms with van der Waals surface area (Å²) in [6.07, 6.45) is 0. The maximum absolute atomic E-state index is 11.1. The van der Waals surface area contributed by atoms with Crippen LogP contribution in [0.25, 0.3) is 0 Å². The van der Waals surface area contributed by atoms with Gasteiger partial charge < -0.3 is 4.74 Å². The quantitative estimate of drug-likeness (QED) is 0.779. The molecule has 0 saturated carbocycles. The van der Waals surface area contributed by atoms with E-state index in [-0.39, 0.29) is 18.6 Å². The molecule has 0 aliphatic rings. The van der Waals surface area contributed by atoms with E-state index in [1.54, 1.807) is 18.3 Å². The van der Waals surface area contributed by atoms with Gasteiger partial charge in [-0.1, -0.05) is 0 Å². The van der Waals surface area contributed by atoms with Gasteiger partial charge in [0.25, 0.3) is 0 Å². The van der Waals surface area contributed by atoms with E-state index < -0.39 is 0 Å². The molecule has 1 aromatic heterocycles. The molecule has 4 nitrogen and oxygen atoms in total. The molecule has 5 heteroatoms. The molecular weight excluding hydrogens is 212 g/mol. The van der Waals surface area contributed by atoms with Crippen molar-refractivity contribution in [2.45, 2.75) is 26.8 Å². The van der Waals surface area contributed by atoms with Crippen LogP contribution in [0.4, 0.5) is 0 Å². The average molecular weight is 228 g/mol. The zero-order valence-electron chi connectivity index (χ0n) is 9.24. The molecule has 15 heavy (non-hydrogen) atoms. The molecule has 0 aliphatic carbocycles. The van der Waals surface area contributed by atoms with Gasteiger partial charge in [0.15, 0.2) is 0 Å². The summed E-state index contributed by atoms with van der Waals surface area (Å²) < 4.78 is 4.81. The third-order valence-electron chi connectivity index (χ3n) is 1.87. The Bertz CT molecular complexity index is 325. The summed E-state index contributed by atoms with van der Waals surface area (Å²) in [6, 6.07) is 0.0908. The van der Waals surface area contributed by atoms with Crippen molar-refractivity contribution < 1.29 is 9.53 Å². The first kappa shape index (κ1) is 12.1. The zero-order chi connectivity index (χ0) is 11.3. The number of nitrogens with zero attached hydrogens (tertiary/aromatic N) is 1. The minimum absolute atomic E-state index is 0.0908. The second-order valence-corrected chi connectivity index (χ2v) is 4.12. The summed E-state index contributed by atoms with van der Waals surface area (Å²) in [5.41, 5.74) is 1.01. The number of aryl methyl sites for hydroxylation is 1. The van der Waals surface area contributed by atoms with Crippen molar-refractivity contribution in [2.24, 2.45) is 0 Å². The molecule has 0 bridgehead atoms. The lowest BCUT2D eigenvalue weighted by atomic mass is 10.3. The third-order valence-corrected chi connectivity index (χ3v) is 3.01. The lowest BCUT2D eigenvalue weighted by Gasteiger charge is -2.09. The highest BCUT2D eigenvalue weighted by Gasteiger charge is 2.10. The summed E-state index contributed by atoms with van der Waals surface area (Å²) in [4.78, 5) is 15.4. The van der Waals surface area contributed by atoms with Gasteiger partial charge in [0.05, 0.1) is 19.2 Å². The summed E-state index contributed by atoms with van der Waals surface area (Å²) in [5, 5.41) is 6.07. The molecule has 0 aromatic carbocycles. The number of carbonyl (C=O) groups is 1. The third kappa shape index (κ3) is 3.97. The van der Waals surface area contributed by atoms with Crippen LogP contribution >= 0.6 is 11.3 Å². The van der Waals surface area contributed by atoms with Crippen LogP contribution in [-0.2, 0) is 9.53 Å². The fourth-order valence-corrected chi connectivity index (χ4v) is 1.93. The highest BCUT2D eigenvalue weighted by atomic mass is 32.1. The Hall–Kier alpha value is -0.940. The number of aromatic nitrogens is 1. The van der Waals surface area contributed by atoms with Crippen molar-refractivity contribution in [1.29, 1.82) is 0 Å². The molecule has 0 spiro atoms. The molecule has 1 aromatic rings. The number of carbonyl (C=O) groups excluding carboxylic acids is 1. The minimum atomic E-state index is -0.224. The van der Waals surface area contributed by atoms with Crippen LogP contribution in [0.5, 0.6) is 0 Å². The summed E-state index contributed by atoms with van der Waals surface area (Å²) in [7, 11) is 0. The zero-order valence-corrected chi connectivity index (χ0v) is 10.1. The predicted octanol–water partition coefficient (Wildman–Crippen LogP) is 1.67. The predicted molar refractivity (Wildman–Crippen MR) is 59.9 cm³/mol. The van der Waals surface area contributed by atoms with E-state index in [0.29, 0.717) is 6.61 Å². The highest BCUT2D eigenvalue weighted by Crippen LogP contribution is 2.16. The van der Waals surface area contributed by atoms with E-state index in [4.69, 9.17) is 4.74 Å². The van der Waals surface area contributed by atoms with Crippen molar-refractivity contribution in [1.82, 2.24) is 10.3 Å². The molecule has 1 unspecified atom stereocenters. The Balaban J connectivity index is 2.36. The van der Waals surface area contributed by atoms with E-state index in [1.165, 1.54) is 0 Å². The van der Waals surface area contributed by atoms with Gasteiger partial charge >= 0.3 is 5.97 Å².